The Hall–Kier alpha value is -3.05. The topological polar surface area (TPSA) is 143 Å². The third-order valence-electron chi connectivity index (χ3n) is 4.15. The van der Waals surface area contributed by atoms with Crippen molar-refractivity contribution in [1.29, 1.82) is 0 Å². The fourth-order valence-electron chi connectivity index (χ4n) is 2.57. The first-order chi connectivity index (χ1) is 14.5. The van der Waals surface area contributed by atoms with Gasteiger partial charge < -0.3 is 31.3 Å². The number of hydrogen-bond acceptors (Lipinski definition) is 11. The number of rotatable bonds is 13. The predicted molar refractivity (Wildman–Crippen MR) is 117 cm³/mol. The van der Waals surface area contributed by atoms with E-state index < -0.39 is 6.04 Å². The fourth-order valence-corrected chi connectivity index (χ4v) is 2.57. The maximum absolute atomic E-state index is 12.2. The number of methoxy groups -OCH3 is 1. The summed E-state index contributed by atoms with van der Waals surface area (Å²) < 4.78 is 4.92. The van der Waals surface area contributed by atoms with Crippen molar-refractivity contribution in [3.05, 3.63) is 24.5 Å². The van der Waals surface area contributed by atoms with E-state index >= 15 is 0 Å². The summed E-state index contributed by atoms with van der Waals surface area (Å²) in [7, 11) is 5.33. The lowest BCUT2D eigenvalue weighted by molar-refractivity contribution is -0.141. The monoisotopic (exact) mass is 417 g/mol. The Morgan fingerprint density at radius 2 is 1.83 bits per heavy atom. The average molecular weight is 418 g/mol. The smallest absolute Gasteiger partial charge is 0.328 e. The second-order valence-corrected chi connectivity index (χ2v) is 6.90. The van der Waals surface area contributed by atoms with E-state index in [2.05, 4.69) is 35.9 Å². The first-order valence-corrected chi connectivity index (χ1v) is 9.88. The molecule has 0 radical (unpaired) electrons. The van der Waals surface area contributed by atoms with Crippen LogP contribution in [0.1, 0.15) is 19.3 Å². The van der Waals surface area contributed by atoms with Crippen molar-refractivity contribution in [2.24, 2.45) is 5.73 Å². The molecule has 0 unspecified atom stereocenters. The van der Waals surface area contributed by atoms with Crippen molar-refractivity contribution in [3.63, 3.8) is 0 Å². The van der Waals surface area contributed by atoms with Gasteiger partial charge in [-0.15, -0.1) is 0 Å². The molecule has 30 heavy (non-hydrogen) atoms. The number of esters is 1. The minimum atomic E-state index is -0.577. The van der Waals surface area contributed by atoms with Crippen LogP contribution in [0.2, 0.25) is 0 Å². The number of ether oxygens (including phenoxy) is 1. The summed E-state index contributed by atoms with van der Waals surface area (Å²) in [6.07, 6.45) is 5.50. The van der Waals surface area contributed by atoms with Gasteiger partial charge in [-0.25, -0.2) is 4.79 Å². The van der Waals surface area contributed by atoms with Gasteiger partial charge in [-0.3, -0.25) is 4.98 Å². The van der Waals surface area contributed by atoms with Crippen LogP contribution in [0.3, 0.4) is 0 Å². The van der Waals surface area contributed by atoms with Gasteiger partial charge in [0, 0.05) is 31.2 Å². The highest BCUT2D eigenvalue weighted by atomic mass is 16.5. The lowest BCUT2D eigenvalue weighted by atomic mass is 10.1. The molecule has 164 valence electrons. The Labute approximate surface area is 176 Å². The lowest BCUT2D eigenvalue weighted by Gasteiger charge is -2.18. The Kier molecular flexibility index (Phi) is 9.68. The molecular weight excluding hydrogens is 386 g/mol. The molecule has 0 saturated carbocycles. The van der Waals surface area contributed by atoms with Gasteiger partial charge in [-0.2, -0.15) is 15.0 Å². The SMILES string of the molecule is COC(=O)[C@H](CCCCN)Nc1nc(NCCN(C)C)nc(Nc2ccncc2)n1. The van der Waals surface area contributed by atoms with Crippen LogP contribution in [-0.2, 0) is 9.53 Å². The molecule has 0 aliphatic rings. The van der Waals surface area contributed by atoms with Crippen LogP contribution in [0.4, 0.5) is 23.5 Å². The lowest BCUT2D eigenvalue weighted by Crippen LogP contribution is -2.32. The number of nitrogens with one attached hydrogen (secondary N) is 3. The summed E-state index contributed by atoms with van der Waals surface area (Å²) >= 11 is 0. The Bertz CT molecular complexity index is 774. The molecule has 2 heterocycles. The molecule has 2 aromatic rings. The second kappa shape index (κ2) is 12.5. The molecule has 2 rings (SSSR count). The van der Waals surface area contributed by atoms with Crippen LogP contribution < -0.4 is 21.7 Å². The highest BCUT2D eigenvalue weighted by Crippen LogP contribution is 2.16. The van der Waals surface area contributed by atoms with E-state index in [-0.39, 0.29) is 11.9 Å². The summed E-state index contributed by atoms with van der Waals surface area (Å²) in [6.45, 7) is 2.03. The fraction of sp³-hybridized carbons (Fsp3) is 0.526. The number of aromatic nitrogens is 4. The summed E-state index contributed by atoms with van der Waals surface area (Å²) in [4.78, 5) is 31.5. The van der Waals surface area contributed by atoms with Crippen molar-refractivity contribution < 1.29 is 9.53 Å². The number of nitrogens with two attached hydrogens (primary N) is 1. The normalized spacial score (nSPS) is 11.8. The van der Waals surface area contributed by atoms with E-state index in [9.17, 15) is 4.79 Å². The molecule has 0 amide bonds. The van der Waals surface area contributed by atoms with Gasteiger partial charge in [0.2, 0.25) is 17.8 Å². The molecule has 0 fully saturated rings. The molecule has 0 aliphatic carbocycles. The average Bonchev–Trinajstić information content (AvgIpc) is 2.73. The summed E-state index contributed by atoms with van der Waals surface area (Å²) in [5.74, 6) is 0.642. The Morgan fingerprint density at radius 1 is 1.13 bits per heavy atom. The van der Waals surface area contributed by atoms with Gasteiger partial charge in [0.15, 0.2) is 0 Å². The molecule has 0 saturated heterocycles. The zero-order chi connectivity index (χ0) is 21.8. The van der Waals surface area contributed by atoms with Crippen LogP contribution in [0.25, 0.3) is 0 Å². The zero-order valence-electron chi connectivity index (χ0n) is 17.8. The number of carbonyl (C=O) groups excluding carboxylic acids is 1. The molecule has 0 bridgehead atoms. The van der Waals surface area contributed by atoms with Crippen LogP contribution in [0.5, 0.6) is 0 Å². The van der Waals surface area contributed by atoms with Crippen LogP contribution >= 0.6 is 0 Å². The molecule has 0 spiro atoms. The van der Waals surface area contributed by atoms with E-state index in [1.165, 1.54) is 7.11 Å². The van der Waals surface area contributed by atoms with Crippen LogP contribution in [-0.4, -0.2) is 77.7 Å². The molecule has 0 aliphatic heterocycles. The van der Waals surface area contributed by atoms with E-state index in [1.807, 2.05) is 19.0 Å². The molecule has 11 nitrogen and oxygen atoms in total. The van der Waals surface area contributed by atoms with Gasteiger partial charge in [-0.05, 0) is 52.0 Å². The largest absolute Gasteiger partial charge is 0.467 e. The third-order valence-corrected chi connectivity index (χ3v) is 4.15. The molecule has 1 atom stereocenters. The number of anilines is 4. The summed E-state index contributed by atoms with van der Waals surface area (Å²) in [5, 5.41) is 9.38. The second-order valence-electron chi connectivity index (χ2n) is 6.90. The minimum Gasteiger partial charge on any atom is -0.467 e. The van der Waals surface area contributed by atoms with E-state index in [0.29, 0.717) is 31.4 Å². The van der Waals surface area contributed by atoms with Gasteiger partial charge in [0.1, 0.15) is 6.04 Å². The van der Waals surface area contributed by atoms with Gasteiger partial charge in [0.05, 0.1) is 7.11 Å². The number of carbonyl (C=O) groups is 1. The van der Waals surface area contributed by atoms with Gasteiger partial charge >= 0.3 is 5.97 Å². The molecule has 5 N–H and O–H groups in total. The quantitative estimate of drug-likeness (QED) is 0.274. The first-order valence-electron chi connectivity index (χ1n) is 9.88. The maximum atomic E-state index is 12.2. The van der Waals surface area contributed by atoms with Crippen molar-refractivity contribution >= 4 is 29.5 Å². The number of unbranched alkanes of at least 4 members (excludes halogenated alkanes) is 1. The minimum absolute atomic E-state index is 0.275. The predicted octanol–water partition coefficient (Wildman–Crippen LogP) is 1.07. The number of hydrogen-bond donors (Lipinski definition) is 4. The molecule has 0 aromatic carbocycles. The molecule has 11 heteroatoms. The van der Waals surface area contributed by atoms with Crippen molar-refractivity contribution in [2.45, 2.75) is 25.3 Å². The zero-order valence-corrected chi connectivity index (χ0v) is 17.8. The van der Waals surface area contributed by atoms with Gasteiger partial charge in [-0.1, -0.05) is 0 Å². The summed E-state index contributed by atoms with van der Waals surface area (Å²) in [5.41, 5.74) is 6.35. The maximum Gasteiger partial charge on any atom is 0.328 e. The number of likely N-dealkylation sites (N-methyl/N-ethyl adjacent to an activating group) is 1. The standard InChI is InChI=1S/C19H31N9O2/c1-28(2)13-12-22-17-25-18(23-14-7-10-21-11-8-14)27-19(26-17)24-15(16(29)30-3)6-4-5-9-20/h7-8,10-11,15H,4-6,9,12-13,20H2,1-3H3,(H3,21,22,23,24,25,26,27)/t15-/m0/s1. The number of nitrogens with zero attached hydrogens (tertiary/aromatic N) is 5. The van der Waals surface area contributed by atoms with E-state index in [0.717, 1.165) is 25.1 Å². The van der Waals surface area contributed by atoms with E-state index in [1.54, 1.807) is 24.5 Å². The van der Waals surface area contributed by atoms with E-state index in [4.69, 9.17) is 10.5 Å². The van der Waals surface area contributed by atoms with Crippen molar-refractivity contribution in [2.75, 3.05) is 56.8 Å². The summed E-state index contributed by atoms with van der Waals surface area (Å²) in [6, 6.07) is 3.03. The molecular formula is C19H31N9O2. The highest BCUT2D eigenvalue weighted by Gasteiger charge is 2.20. The molecule has 2 aromatic heterocycles. The van der Waals surface area contributed by atoms with Crippen LogP contribution in [0, 0.1) is 0 Å². The third kappa shape index (κ3) is 8.13. The van der Waals surface area contributed by atoms with Gasteiger partial charge in [0.25, 0.3) is 0 Å². The Morgan fingerprint density at radius 3 is 2.50 bits per heavy atom. The highest BCUT2D eigenvalue weighted by molar-refractivity contribution is 5.78. The first kappa shape index (κ1) is 23.2. The van der Waals surface area contributed by atoms with Crippen molar-refractivity contribution in [3.8, 4) is 0 Å². The van der Waals surface area contributed by atoms with Crippen LogP contribution in [0.15, 0.2) is 24.5 Å². The number of pyridine rings is 1. The Balaban J connectivity index is 2.21. The van der Waals surface area contributed by atoms with Crippen molar-refractivity contribution in [1.82, 2.24) is 24.8 Å².